The monoisotopic (exact) mass is 264 g/mol. The molecular weight excluding hydrogens is 244 g/mol. The normalized spacial score (nSPS) is 17.4. The molecule has 1 unspecified atom stereocenters. The van der Waals surface area contributed by atoms with Crippen LogP contribution in [-0.4, -0.2) is 40.5 Å². The fourth-order valence-corrected chi connectivity index (χ4v) is 2.40. The second kappa shape index (κ2) is 5.97. The average molecular weight is 264 g/mol. The van der Waals surface area contributed by atoms with E-state index in [1.807, 2.05) is 6.92 Å². The van der Waals surface area contributed by atoms with Crippen LogP contribution in [0.3, 0.4) is 0 Å². The van der Waals surface area contributed by atoms with E-state index in [9.17, 15) is 10.1 Å². The van der Waals surface area contributed by atoms with Gasteiger partial charge in [0.15, 0.2) is 0 Å². The van der Waals surface area contributed by atoms with E-state index in [2.05, 4.69) is 22.1 Å². The molecule has 6 heteroatoms. The van der Waals surface area contributed by atoms with Crippen LogP contribution < -0.4 is 5.32 Å². The zero-order chi connectivity index (χ0) is 13.8. The minimum absolute atomic E-state index is 0.0376. The Hall–Kier alpha value is -1.69. The molecule has 1 N–H and O–H groups in total. The van der Waals surface area contributed by atoms with Gasteiger partial charge in [-0.2, -0.15) is 0 Å². The number of rotatable bonds is 5. The van der Waals surface area contributed by atoms with Gasteiger partial charge in [0.2, 0.25) is 0 Å². The van der Waals surface area contributed by atoms with E-state index in [0.29, 0.717) is 6.04 Å². The number of aryl methyl sites for hydroxylation is 1. The zero-order valence-corrected chi connectivity index (χ0v) is 11.4. The number of nitrogens with one attached hydrogen (secondary N) is 1. The van der Waals surface area contributed by atoms with Gasteiger partial charge >= 0.3 is 0 Å². The van der Waals surface area contributed by atoms with Crippen LogP contribution in [0.1, 0.15) is 25.3 Å². The SMILES string of the molecule is Cc1cc([N+](=O)[O-])cnc1NCC(C)N1CCCC1. The first-order valence-corrected chi connectivity index (χ1v) is 6.67. The molecule has 1 fully saturated rings. The predicted molar refractivity (Wildman–Crippen MR) is 74.4 cm³/mol. The molecule has 0 aliphatic carbocycles. The molecule has 6 nitrogen and oxygen atoms in total. The van der Waals surface area contributed by atoms with Crippen LogP contribution in [0.4, 0.5) is 11.5 Å². The number of pyridine rings is 1. The van der Waals surface area contributed by atoms with Gasteiger partial charge < -0.3 is 5.32 Å². The molecule has 1 aromatic heterocycles. The predicted octanol–water partition coefficient (Wildman–Crippen LogP) is 2.19. The quantitative estimate of drug-likeness (QED) is 0.652. The number of likely N-dealkylation sites (tertiary alicyclic amines) is 1. The van der Waals surface area contributed by atoms with Crippen molar-refractivity contribution in [3.8, 4) is 0 Å². The molecule has 19 heavy (non-hydrogen) atoms. The molecule has 2 rings (SSSR count). The summed E-state index contributed by atoms with van der Waals surface area (Å²) < 4.78 is 0. The summed E-state index contributed by atoms with van der Waals surface area (Å²) in [5.41, 5.74) is 0.846. The number of anilines is 1. The molecule has 1 saturated heterocycles. The summed E-state index contributed by atoms with van der Waals surface area (Å²) in [7, 11) is 0. The van der Waals surface area contributed by atoms with Crippen molar-refractivity contribution >= 4 is 11.5 Å². The Bertz CT molecular complexity index is 458. The van der Waals surface area contributed by atoms with Crippen LogP contribution in [0.25, 0.3) is 0 Å². The maximum Gasteiger partial charge on any atom is 0.287 e. The molecule has 1 aromatic rings. The highest BCUT2D eigenvalue weighted by Crippen LogP contribution is 2.18. The summed E-state index contributed by atoms with van der Waals surface area (Å²) in [5, 5.41) is 13.9. The van der Waals surface area contributed by atoms with E-state index < -0.39 is 4.92 Å². The van der Waals surface area contributed by atoms with Gasteiger partial charge in [0.1, 0.15) is 12.0 Å². The van der Waals surface area contributed by atoms with Gasteiger partial charge in [-0.3, -0.25) is 15.0 Å². The molecular formula is C13H20N4O2. The molecule has 0 amide bonds. The molecule has 1 atom stereocenters. The van der Waals surface area contributed by atoms with Gasteiger partial charge in [0, 0.05) is 18.7 Å². The molecule has 1 aliphatic heterocycles. The Kier molecular flexibility index (Phi) is 4.31. The maximum atomic E-state index is 10.6. The van der Waals surface area contributed by atoms with E-state index in [1.54, 1.807) is 6.07 Å². The molecule has 1 aliphatic rings. The van der Waals surface area contributed by atoms with Crippen molar-refractivity contribution in [1.29, 1.82) is 0 Å². The van der Waals surface area contributed by atoms with Crippen molar-refractivity contribution in [1.82, 2.24) is 9.88 Å². The van der Waals surface area contributed by atoms with E-state index in [4.69, 9.17) is 0 Å². The molecule has 0 bridgehead atoms. The minimum atomic E-state index is -0.420. The van der Waals surface area contributed by atoms with Gasteiger partial charge in [-0.15, -0.1) is 0 Å². The van der Waals surface area contributed by atoms with Gasteiger partial charge in [-0.25, -0.2) is 4.98 Å². The number of hydrogen-bond donors (Lipinski definition) is 1. The largest absolute Gasteiger partial charge is 0.368 e. The van der Waals surface area contributed by atoms with Crippen molar-refractivity contribution in [3.05, 3.63) is 27.9 Å². The highest BCUT2D eigenvalue weighted by molar-refractivity contribution is 5.48. The van der Waals surface area contributed by atoms with Crippen molar-refractivity contribution in [2.45, 2.75) is 32.7 Å². The fourth-order valence-electron chi connectivity index (χ4n) is 2.40. The second-order valence-corrected chi connectivity index (χ2v) is 5.09. The summed E-state index contributed by atoms with van der Waals surface area (Å²) in [6.07, 6.45) is 3.86. The highest BCUT2D eigenvalue weighted by atomic mass is 16.6. The molecule has 0 radical (unpaired) electrons. The second-order valence-electron chi connectivity index (χ2n) is 5.09. The summed E-state index contributed by atoms with van der Waals surface area (Å²) in [5.74, 6) is 0.733. The van der Waals surface area contributed by atoms with Crippen molar-refractivity contribution in [2.24, 2.45) is 0 Å². The third kappa shape index (κ3) is 3.41. The van der Waals surface area contributed by atoms with Crippen molar-refractivity contribution in [3.63, 3.8) is 0 Å². The fraction of sp³-hybridized carbons (Fsp3) is 0.615. The average Bonchev–Trinajstić information content (AvgIpc) is 2.90. The van der Waals surface area contributed by atoms with Crippen LogP contribution in [0.5, 0.6) is 0 Å². The van der Waals surface area contributed by atoms with Crippen LogP contribution >= 0.6 is 0 Å². The van der Waals surface area contributed by atoms with E-state index in [1.165, 1.54) is 19.0 Å². The molecule has 0 spiro atoms. The highest BCUT2D eigenvalue weighted by Gasteiger charge is 2.18. The lowest BCUT2D eigenvalue weighted by molar-refractivity contribution is -0.385. The lowest BCUT2D eigenvalue weighted by Gasteiger charge is -2.24. The number of nitro groups is 1. The molecule has 2 heterocycles. The maximum absolute atomic E-state index is 10.6. The Morgan fingerprint density at radius 3 is 2.79 bits per heavy atom. The lowest BCUT2D eigenvalue weighted by atomic mass is 10.2. The van der Waals surface area contributed by atoms with Gasteiger partial charge in [-0.05, 0) is 45.3 Å². The topological polar surface area (TPSA) is 71.3 Å². The zero-order valence-electron chi connectivity index (χ0n) is 11.4. The smallest absolute Gasteiger partial charge is 0.287 e. The van der Waals surface area contributed by atoms with E-state index >= 15 is 0 Å². The van der Waals surface area contributed by atoms with Crippen LogP contribution in [-0.2, 0) is 0 Å². The Labute approximate surface area is 113 Å². The van der Waals surface area contributed by atoms with Crippen molar-refractivity contribution < 1.29 is 4.92 Å². The summed E-state index contributed by atoms with van der Waals surface area (Å²) >= 11 is 0. The first kappa shape index (κ1) is 13.7. The van der Waals surface area contributed by atoms with Crippen molar-refractivity contribution in [2.75, 3.05) is 25.0 Å². The Morgan fingerprint density at radius 1 is 1.53 bits per heavy atom. The van der Waals surface area contributed by atoms with E-state index in [-0.39, 0.29) is 5.69 Å². The number of nitrogens with zero attached hydrogens (tertiary/aromatic N) is 3. The van der Waals surface area contributed by atoms with Crippen LogP contribution in [0.2, 0.25) is 0 Å². The summed E-state index contributed by atoms with van der Waals surface area (Å²) in [4.78, 5) is 16.8. The Balaban J connectivity index is 1.93. The first-order chi connectivity index (χ1) is 9.08. The van der Waals surface area contributed by atoms with Gasteiger partial charge in [-0.1, -0.05) is 0 Å². The molecule has 0 saturated carbocycles. The minimum Gasteiger partial charge on any atom is -0.368 e. The van der Waals surface area contributed by atoms with Crippen LogP contribution in [0, 0.1) is 17.0 Å². The number of aromatic nitrogens is 1. The third-order valence-corrected chi connectivity index (χ3v) is 3.60. The first-order valence-electron chi connectivity index (χ1n) is 6.67. The Morgan fingerprint density at radius 2 is 2.21 bits per heavy atom. The van der Waals surface area contributed by atoms with Gasteiger partial charge in [0.25, 0.3) is 5.69 Å². The van der Waals surface area contributed by atoms with Gasteiger partial charge in [0.05, 0.1) is 4.92 Å². The lowest BCUT2D eigenvalue weighted by Crippen LogP contribution is -2.35. The summed E-state index contributed by atoms with van der Waals surface area (Å²) in [6, 6.07) is 2.01. The summed E-state index contributed by atoms with van der Waals surface area (Å²) in [6.45, 7) is 7.17. The standard InChI is InChI=1S/C13H20N4O2/c1-10-7-12(17(18)19)9-15-13(10)14-8-11(2)16-5-3-4-6-16/h7,9,11H,3-6,8H2,1-2H3,(H,14,15). The molecule has 104 valence electrons. The third-order valence-electron chi connectivity index (χ3n) is 3.60. The molecule has 0 aromatic carbocycles. The van der Waals surface area contributed by atoms with Crippen LogP contribution in [0.15, 0.2) is 12.3 Å². The van der Waals surface area contributed by atoms with E-state index in [0.717, 1.165) is 31.0 Å². The number of hydrogen-bond acceptors (Lipinski definition) is 5.